The maximum absolute atomic E-state index is 14.3. The predicted octanol–water partition coefficient (Wildman–Crippen LogP) is 8.77. The van der Waals surface area contributed by atoms with Crippen LogP contribution in [0.15, 0.2) is 65.6 Å². The average Bonchev–Trinajstić information content (AvgIpc) is 3.04. The lowest BCUT2D eigenvalue weighted by Gasteiger charge is -2.27. The third-order valence-corrected chi connectivity index (χ3v) is 8.96. The summed E-state index contributed by atoms with van der Waals surface area (Å²) < 4.78 is 1.68. The summed E-state index contributed by atoms with van der Waals surface area (Å²) in [6, 6.07) is 17.3. The molecule has 1 aliphatic carbocycles. The maximum Gasteiger partial charge on any atom is 0.323 e. The highest BCUT2D eigenvalue weighted by Gasteiger charge is 2.25. The molecule has 7 heteroatoms. The molecule has 2 aromatic heterocycles. The van der Waals surface area contributed by atoms with Crippen LogP contribution in [0.25, 0.3) is 22.2 Å². The van der Waals surface area contributed by atoms with E-state index in [1.54, 1.807) is 10.8 Å². The van der Waals surface area contributed by atoms with Gasteiger partial charge < -0.3 is 16.4 Å². The lowest BCUT2D eigenvalue weighted by atomic mass is 9.83. The van der Waals surface area contributed by atoms with Crippen molar-refractivity contribution >= 4 is 28.4 Å². The predicted molar refractivity (Wildman–Crippen MR) is 190 cm³/mol. The van der Waals surface area contributed by atoms with E-state index in [0.29, 0.717) is 17.8 Å². The first-order valence-electron chi connectivity index (χ1n) is 16.8. The van der Waals surface area contributed by atoms with Gasteiger partial charge in [-0.15, -0.1) is 0 Å². The van der Waals surface area contributed by atoms with Gasteiger partial charge in [0, 0.05) is 34.9 Å². The Morgan fingerprint density at radius 1 is 0.957 bits per heavy atom. The summed E-state index contributed by atoms with van der Waals surface area (Å²) in [5.74, 6) is 7.07. The summed E-state index contributed by atoms with van der Waals surface area (Å²) in [4.78, 5) is 32.9. The third-order valence-electron chi connectivity index (χ3n) is 8.96. The quantitative estimate of drug-likeness (QED) is 0.172. The van der Waals surface area contributed by atoms with E-state index >= 15 is 0 Å². The van der Waals surface area contributed by atoms with Gasteiger partial charge in [-0.3, -0.25) is 9.36 Å². The summed E-state index contributed by atoms with van der Waals surface area (Å²) in [7, 11) is 0. The summed E-state index contributed by atoms with van der Waals surface area (Å²) in [5, 5.41) is 6.92. The standard InChI is InChI=1S/C39H47N5O2/c1-6-7-24-44-36-32(18-13-23-41-36)33(29-15-11-14-28(25-29)19-22-39(40)20-9-8-10-21-39)35(37(44)45)43-38(46)42-34-30(26(2)3)16-12-17-31(34)27(4)5/h11-18,23,25-27H,6-10,20-21,24,40H2,1-5H3,(H2,42,43,46). The molecule has 0 saturated heterocycles. The van der Waals surface area contributed by atoms with Crippen molar-refractivity contribution in [3.63, 3.8) is 0 Å². The summed E-state index contributed by atoms with van der Waals surface area (Å²) in [6.07, 6.45) is 8.61. The molecule has 1 fully saturated rings. The van der Waals surface area contributed by atoms with Crippen LogP contribution in [-0.4, -0.2) is 21.1 Å². The van der Waals surface area contributed by atoms with Gasteiger partial charge in [-0.2, -0.15) is 0 Å². The smallest absolute Gasteiger partial charge is 0.315 e. The highest BCUT2D eigenvalue weighted by Crippen LogP contribution is 2.35. The molecule has 1 aliphatic rings. The normalized spacial score (nSPS) is 14.3. The number of unbranched alkanes of at least 4 members (excludes halogenated alkanes) is 1. The zero-order valence-electron chi connectivity index (χ0n) is 27.9. The molecule has 4 N–H and O–H groups in total. The van der Waals surface area contributed by atoms with Crippen LogP contribution in [0.4, 0.5) is 16.2 Å². The molecule has 1 saturated carbocycles. The minimum absolute atomic E-state index is 0.202. The van der Waals surface area contributed by atoms with E-state index in [9.17, 15) is 9.59 Å². The zero-order valence-corrected chi connectivity index (χ0v) is 27.9. The lowest BCUT2D eigenvalue weighted by molar-refractivity contribution is 0.262. The van der Waals surface area contributed by atoms with E-state index in [4.69, 9.17) is 5.73 Å². The topological polar surface area (TPSA) is 102 Å². The number of aryl methyl sites for hydroxylation is 1. The Hall–Kier alpha value is -4.41. The van der Waals surface area contributed by atoms with Gasteiger partial charge in [0.1, 0.15) is 11.3 Å². The van der Waals surface area contributed by atoms with Gasteiger partial charge in [0.15, 0.2) is 0 Å². The first-order valence-corrected chi connectivity index (χ1v) is 16.8. The van der Waals surface area contributed by atoms with Crippen molar-refractivity contribution in [1.29, 1.82) is 0 Å². The van der Waals surface area contributed by atoms with Crippen LogP contribution < -0.4 is 21.9 Å². The van der Waals surface area contributed by atoms with Gasteiger partial charge in [0.25, 0.3) is 5.56 Å². The number of nitrogens with zero attached hydrogens (tertiary/aromatic N) is 2. The number of nitrogens with one attached hydrogen (secondary N) is 2. The van der Waals surface area contributed by atoms with Crippen molar-refractivity contribution in [2.24, 2.45) is 5.73 Å². The van der Waals surface area contributed by atoms with Crippen molar-refractivity contribution in [2.45, 2.75) is 103 Å². The Morgan fingerprint density at radius 2 is 1.63 bits per heavy atom. The molecule has 0 aliphatic heterocycles. The molecule has 2 aromatic carbocycles. The van der Waals surface area contributed by atoms with Gasteiger partial charge >= 0.3 is 6.03 Å². The van der Waals surface area contributed by atoms with Gasteiger partial charge in [-0.05, 0) is 72.1 Å². The lowest BCUT2D eigenvalue weighted by Crippen LogP contribution is -2.40. The molecule has 0 radical (unpaired) electrons. The highest BCUT2D eigenvalue weighted by molar-refractivity contribution is 6.07. The zero-order chi connectivity index (χ0) is 32.8. The number of fused-ring (bicyclic) bond motifs is 1. The van der Waals surface area contributed by atoms with Crippen molar-refractivity contribution in [3.8, 4) is 23.0 Å². The Labute approximate surface area is 273 Å². The van der Waals surface area contributed by atoms with E-state index in [2.05, 4.69) is 62.1 Å². The fourth-order valence-electron chi connectivity index (χ4n) is 6.43. The third kappa shape index (κ3) is 7.18. The second-order valence-corrected chi connectivity index (χ2v) is 13.2. The Bertz CT molecular complexity index is 1810. The van der Waals surface area contributed by atoms with Crippen LogP contribution in [0.1, 0.15) is 108 Å². The Morgan fingerprint density at radius 3 is 2.30 bits per heavy atom. The number of anilines is 2. The van der Waals surface area contributed by atoms with Crippen LogP contribution >= 0.6 is 0 Å². The number of pyridine rings is 2. The Balaban J connectivity index is 1.64. The van der Waals surface area contributed by atoms with Crippen LogP contribution in [0.3, 0.4) is 0 Å². The van der Waals surface area contributed by atoms with Crippen molar-refractivity contribution in [3.05, 3.63) is 87.8 Å². The Kier molecular flexibility index (Phi) is 10.3. The number of para-hydroxylation sites is 1. The summed E-state index contributed by atoms with van der Waals surface area (Å²) in [5.41, 5.74) is 11.8. The highest BCUT2D eigenvalue weighted by atomic mass is 16.2. The van der Waals surface area contributed by atoms with E-state index in [0.717, 1.165) is 71.9 Å². The number of urea groups is 1. The number of carbonyl (C=O) groups excluding carboxylic acids is 1. The average molecular weight is 618 g/mol. The van der Waals surface area contributed by atoms with E-state index in [-0.39, 0.29) is 23.1 Å². The molecule has 0 spiro atoms. The SMILES string of the molecule is CCCCn1c(=O)c(NC(=O)Nc2c(C(C)C)cccc2C(C)C)c(-c2cccc(C#CC3(N)CCCCC3)c2)c2cccnc21. The molecule has 2 heterocycles. The maximum atomic E-state index is 14.3. The van der Waals surface area contributed by atoms with Crippen molar-refractivity contribution < 1.29 is 4.79 Å². The monoisotopic (exact) mass is 617 g/mol. The molecule has 0 atom stereocenters. The number of benzene rings is 2. The fraction of sp³-hybridized carbons (Fsp3) is 0.410. The molecule has 5 rings (SSSR count). The molecule has 0 bridgehead atoms. The van der Waals surface area contributed by atoms with Crippen LogP contribution in [0, 0.1) is 11.8 Å². The van der Waals surface area contributed by atoms with Crippen LogP contribution in [0.2, 0.25) is 0 Å². The molecule has 240 valence electrons. The number of rotatable bonds is 8. The van der Waals surface area contributed by atoms with Gasteiger partial charge in [0.2, 0.25) is 0 Å². The van der Waals surface area contributed by atoms with Gasteiger partial charge in [-0.1, -0.05) is 102 Å². The van der Waals surface area contributed by atoms with E-state index < -0.39 is 11.6 Å². The fourth-order valence-corrected chi connectivity index (χ4v) is 6.43. The summed E-state index contributed by atoms with van der Waals surface area (Å²) in [6.45, 7) is 11.0. The number of amides is 2. The minimum Gasteiger partial charge on any atom is -0.315 e. The second kappa shape index (κ2) is 14.3. The van der Waals surface area contributed by atoms with Crippen molar-refractivity contribution in [2.75, 3.05) is 10.6 Å². The minimum atomic E-state index is -0.476. The summed E-state index contributed by atoms with van der Waals surface area (Å²) >= 11 is 0. The van der Waals surface area contributed by atoms with Crippen molar-refractivity contribution in [1.82, 2.24) is 9.55 Å². The molecule has 7 nitrogen and oxygen atoms in total. The first kappa shape index (κ1) is 33.0. The largest absolute Gasteiger partial charge is 0.323 e. The molecule has 4 aromatic rings. The number of carbonyl (C=O) groups is 1. The van der Waals surface area contributed by atoms with E-state index in [1.165, 1.54) is 6.42 Å². The molecule has 46 heavy (non-hydrogen) atoms. The van der Waals surface area contributed by atoms with Gasteiger partial charge in [-0.25, -0.2) is 9.78 Å². The molecule has 2 amide bonds. The molecule has 0 unspecified atom stereocenters. The molecular formula is C39H47N5O2. The second-order valence-electron chi connectivity index (χ2n) is 13.2. The first-order chi connectivity index (χ1) is 22.1. The number of nitrogens with two attached hydrogens (primary N) is 1. The number of aromatic nitrogens is 2. The number of hydrogen-bond acceptors (Lipinski definition) is 4. The van der Waals surface area contributed by atoms with Crippen LogP contribution in [-0.2, 0) is 6.54 Å². The van der Waals surface area contributed by atoms with Gasteiger partial charge in [0.05, 0.1) is 5.54 Å². The van der Waals surface area contributed by atoms with Crippen LogP contribution in [0.5, 0.6) is 0 Å². The van der Waals surface area contributed by atoms with E-state index in [1.807, 2.05) is 54.6 Å². The number of hydrogen-bond donors (Lipinski definition) is 3. The molecular weight excluding hydrogens is 570 g/mol.